The molecule has 1 aromatic heterocycles. The highest BCUT2D eigenvalue weighted by molar-refractivity contribution is 9.10. The van der Waals surface area contributed by atoms with Crippen LogP contribution in [-0.2, 0) is 14.9 Å². The quantitative estimate of drug-likeness (QED) is 0.141. The first-order valence-electron chi connectivity index (χ1n) is 10.0. The zero-order valence-corrected chi connectivity index (χ0v) is 21.1. The minimum Gasteiger partial charge on any atom is -0.378 e. The molecule has 0 saturated heterocycles. The van der Waals surface area contributed by atoms with Crippen molar-refractivity contribution in [1.29, 1.82) is 0 Å². The van der Waals surface area contributed by atoms with Crippen LogP contribution in [-0.4, -0.2) is 36.3 Å². The predicted molar refractivity (Wildman–Crippen MR) is 136 cm³/mol. The van der Waals surface area contributed by atoms with Gasteiger partial charge >= 0.3 is 10.1 Å². The molecule has 0 spiro atoms. The number of nitrogens with zero attached hydrogens (tertiary/aromatic N) is 2. The molecular formula is C23H19BrN4O4S2. The topological polar surface area (TPSA) is 114 Å². The van der Waals surface area contributed by atoms with Gasteiger partial charge < -0.3 is 9.17 Å². The van der Waals surface area contributed by atoms with Crippen LogP contribution in [0.3, 0.4) is 0 Å². The van der Waals surface area contributed by atoms with Crippen LogP contribution in [0.25, 0.3) is 11.0 Å². The van der Waals surface area contributed by atoms with Gasteiger partial charge in [-0.2, -0.15) is 13.5 Å². The maximum Gasteiger partial charge on any atom is 0.339 e. The van der Waals surface area contributed by atoms with Crippen molar-refractivity contribution in [2.75, 3.05) is 5.75 Å². The van der Waals surface area contributed by atoms with Crippen LogP contribution in [0.5, 0.6) is 5.75 Å². The molecule has 174 valence electrons. The number of benzene rings is 3. The zero-order chi connectivity index (χ0) is 24.1. The number of nitrogens with one attached hydrogen (secondary N) is 2. The summed E-state index contributed by atoms with van der Waals surface area (Å²) in [7, 11) is -4.04. The van der Waals surface area contributed by atoms with Crippen molar-refractivity contribution < 1.29 is 17.4 Å². The van der Waals surface area contributed by atoms with Crippen molar-refractivity contribution >= 4 is 61.0 Å². The molecule has 0 aliphatic heterocycles. The SMILES string of the molecule is Cc1ccc(S(=O)(=O)Oc2ccc(Br)cc2/C=N\NC(=O)CSc2nc3ccccc3[nH]2)cc1. The van der Waals surface area contributed by atoms with E-state index in [9.17, 15) is 13.2 Å². The molecular weight excluding hydrogens is 540 g/mol. The number of aromatic amines is 1. The molecule has 34 heavy (non-hydrogen) atoms. The third kappa shape index (κ3) is 6.04. The van der Waals surface area contributed by atoms with E-state index in [-0.39, 0.29) is 22.3 Å². The van der Waals surface area contributed by atoms with Gasteiger partial charge in [-0.05, 0) is 49.4 Å². The van der Waals surface area contributed by atoms with E-state index in [2.05, 4.69) is 36.4 Å². The summed E-state index contributed by atoms with van der Waals surface area (Å²) in [5.41, 5.74) is 5.46. The summed E-state index contributed by atoms with van der Waals surface area (Å²) in [6.45, 7) is 1.87. The fourth-order valence-corrected chi connectivity index (χ4v) is 4.92. The standard InChI is InChI=1S/C23H19BrN4O4S2/c1-15-6-9-18(10-7-15)34(30,31)32-21-11-8-17(24)12-16(21)13-25-28-22(29)14-33-23-26-19-4-2-3-5-20(19)27-23/h2-13H,14H2,1H3,(H,26,27)(H,28,29)/b25-13-. The van der Waals surface area contributed by atoms with E-state index < -0.39 is 10.1 Å². The van der Waals surface area contributed by atoms with E-state index in [1.165, 1.54) is 36.2 Å². The molecule has 0 atom stereocenters. The summed E-state index contributed by atoms with van der Waals surface area (Å²) in [6.07, 6.45) is 1.33. The van der Waals surface area contributed by atoms with Crippen LogP contribution in [0.1, 0.15) is 11.1 Å². The lowest BCUT2D eigenvalue weighted by Crippen LogP contribution is -2.19. The Kier molecular flexibility index (Phi) is 7.35. The molecule has 0 radical (unpaired) electrons. The molecule has 8 nitrogen and oxygen atoms in total. The van der Waals surface area contributed by atoms with E-state index in [1.807, 2.05) is 31.2 Å². The average Bonchev–Trinajstić information content (AvgIpc) is 3.23. The summed E-state index contributed by atoms with van der Waals surface area (Å²) >= 11 is 4.60. The molecule has 2 N–H and O–H groups in total. The number of H-pyrrole nitrogens is 1. The third-order valence-corrected chi connectivity index (χ3v) is 7.20. The number of thioether (sulfide) groups is 1. The number of hydrazone groups is 1. The van der Waals surface area contributed by atoms with E-state index in [0.29, 0.717) is 15.2 Å². The Morgan fingerprint density at radius 1 is 1.18 bits per heavy atom. The molecule has 1 heterocycles. The zero-order valence-electron chi connectivity index (χ0n) is 17.9. The number of amides is 1. The summed E-state index contributed by atoms with van der Waals surface area (Å²) in [5.74, 6) is -0.161. The van der Waals surface area contributed by atoms with Gasteiger partial charge in [0.05, 0.1) is 23.0 Å². The van der Waals surface area contributed by atoms with Gasteiger partial charge in [-0.15, -0.1) is 0 Å². The molecule has 11 heteroatoms. The van der Waals surface area contributed by atoms with Gasteiger partial charge in [0.1, 0.15) is 4.90 Å². The molecule has 0 aliphatic rings. The van der Waals surface area contributed by atoms with Gasteiger partial charge in [-0.25, -0.2) is 10.4 Å². The molecule has 0 unspecified atom stereocenters. The fraction of sp³-hybridized carbons (Fsp3) is 0.0870. The average molecular weight is 559 g/mol. The number of hydrogen-bond acceptors (Lipinski definition) is 7. The first-order chi connectivity index (χ1) is 16.3. The number of carbonyl (C=O) groups is 1. The lowest BCUT2D eigenvalue weighted by molar-refractivity contribution is -0.118. The number of imidazole rings is 1. The van der Waals surface area contributed by atoms with Gasteiger partial charge in [0.25, 0.3) is 5.91 Å². The monoisotopic (exact) mass is 558 g/mol. The van der Waals surface area contributed by atoms with E-state index in [1.54, 1.807) is 24.3 Å². The Morgan fingerprint density at radius 2 is 1.94 bits per heavy atom. The minimum absolute atomic E-state index is 0.0415. The highest BCUT2D eigenvalue weighted by atomic mass is 79.9. The molecule has 0 fully saturated rings. The Labute approximate surface area is 209 Å². The number of carbonyl (C=O) groups excluding carboxylic acids is 1. The number of rotatable bonds is 8. The maximum absolute atomic E-state index is 12.7. The van der Waals surface area contributed by atoms with Crippen molar-refractivity contribution in [3.05, 3.63) is 82.3 Å². The Balaban J connectivity index is 1.40. The number of fused-ring (bicyclic) bond motifs is 1. The third-order valence-electron chi connectivity index (χ3n) is 4.58. The number of hydrogen-bond donors (Lipinski definition) is 2. The molecule has 1 amide bonds. The second-order valence-corrected chi connectivity index (χ2v) is 10.6. The van der Waals surface area contributed by atoms with Gasteiger partial charge in [0, 0.05) is 10.0 Å². The number of aryl methyl sites for hydroxylation is 1. The van der Waals surface area contributed by atoms with E-state index in [0.717, 1.165) is 16.6 Å². The summed E-state index contributed by atoms with van der Waals surface area (Å²) < 4.78 is 31.3. The van der Waals surface area contributed by atoms with Crippen LogP contribution in [0, 0.1) is 6.92 Å². The molecule has 4 rings (SSSR count). The molecule has 0 aliphatic carbocycles. The van der Waals surface area contributed by atoms with Crippen LogP contribution in [0.2, 0.25) is 0 Å². The smallest absolute Gasteiger partial charge is 0.339 e. The highest BCUT2D eigenvalue weighted by Crippen LogP contribution is 2.25. The summed E-state index contributed by atoms with van der Waals surface area (Å²) in [6, 6.07) is 18.7. The van der Waals surface area contributed by atoms with Crippen molar-refractivity contribution in [3.63, 3.8) is 0 Å². The van der Waals surface area contributed by atoms with E-state index >= 15 is 0 Å². The van der Waals surface area contributed by atoms with Crippen molar-refractivity contribution in [3.8, 4) is 5.75 Å². The highest BCUT2D eigenvalue weighted by Gasteiger charge is 2.18. The van der Waals surface area contributed by atoms with Crippen molar-refractivity contribution in [2.24, 2.45) is 5.10 Å². The molecule has 0 saturated carbocycles. The Hall–Kier alpha value is -3.15. The van der Waals surface area contributed by atoms with Crippen LogP contribution in [0.15, 0.2) is 86.4 Å². The fourth-order valence-electron chi connectivity index (χ4n) is 2.91. The molecule has 4 aromatic rings. The second kappa shape index (κ2) is 10.4. The number of halogens is 1. The van der Waals surface area contributed by atoms with E-state index in [4.69, 9.17) is 4.18 Å². The van der Waals surface area contributed by atoms with Crippen molar-refractivity contribution in [1.82, 2.24) is 15.4 Å². The maximum atomic E-state index is 12.7. The Bertz CT molecular complexity index is 1440. The van der Waals surface area contributed by atoms with Crippen LogP contribution >= 0.6 is 27.7 Å². The van der Waals surface area contributed by atoms with Gasteiger partial charge in [-0.1, -0.05) is 57.5 Å². The normalized spacial score (nSPS) is 11.7. The van der Waals surface area contributed by atoms with Gasteiger partial charge in [0.2, 0.25) is 0 Å². The molecule has 3 aromatic carbocycles. The lowest BCUT2D eigenvalue weighted by atomic mass is 10.2. The first kappa shape index (κ1) is 24.0. The summed E-state index contributed by atoms with van der Waals surface area (Å²) in [4.78, 5) is 19.8. The first-order valence-corrected chi connectivity index (χ1v) is 13.2. The number of para-hydroxylation sites is 2. The van der Waals surface area contributed by atoms with Gasteiger partial charge in [-0.3, -0.25) is 4.79 Å². The molecule has 0 bridgehead atoms. The van der Waals surface area contributed by atoms with Crippen LogP contribution in [0.4, 0.5) is 0 Å². The van der Waals surface area contributed by atoms with Crippen molar-refractivity contribution in [2.45, 2.75) is 17.0 Å². The largest absolute Gasteiger partial charge is 0.378 e. The van der Waals surface area contributed by atoms with Crippen LogP contribution < -0.4 is 9.61 Å². The second-order valence-electron chi connectivity index (χ2n) is 7.17. The predicted octanol–water partition coefficient (Wildman–Crippen LogP) is 4.64. The number of aromatic nitrogens is 2. The minimum atomic E-state index is -4.04. The Morgan fingerprint density at radius 3 is 2.71 bits per heavy atom. The van der Waals surface area contributed by atoms with Gasteiger partial charge in [0.15, 0.2) is 10.9 Å². The summed E-state index contributed by atoms with van der Waals surface area (Å²) in [5, 5.41) is 4.58. The lowest BCUT2D eigenvalue weighted by Gasteiger charge is -2.10.